The number of nitriles is 1. The Hall–Kier alpha value is -4.06. The number of benzene rings is 3. The summed E-state index contributed by atoms with van der Waals surface area (Å²) in [6, 6.07) is 24.2. The molecule has 9 heteroatoms. The average molecular weight is 485 g/mol. The molecular formula is C25H17ClN6OS. The van der Waals surface area contributed by atoms with Gasteiger partial charge < -0.3 is 10.3 Å². The Balaban J connectivity index is 1.46. The number of hydrogen-bond acceptors (Lipinski definition) is 5. The highest BCUT2D eigenvalue weighted by Crippen LogP contribution is 2.32. The largest absolute Gasteiger partial charge is 0.360 e. The molecule has 5 aromatic rings. The van der Waals surface area contributed by atoms with Crippen LogP contribution in [0.15, 0.2) is 84.1 Å². The number of halogens is 1. The Morgan fingerprint density at radius 3 is 2.74 bits per heavy atom. The van der Waals surface area contributed by atoms with Crippen LogP contribution in [-0.2, 0) is 4.79 Å². The normalized spacial score (nSPS) is 10.8. The SMILES string of the molecule is N#Cc1cccc(NC(=O)CSc2nnc(-c3c[nH]c4ccccc34)n2-c2ccc(Cl)cc2)c1. The van der Waals surface area contributed by atoms with Crippen molar-refractivity contribution in [2.24, 2.45) is 0 Å². The number of rotatable bonds is 6. The molecule has 1 amide bonds. The number of carbonyl (C=O) groups is 1. The van der Waals surface area contributed by atoms with Gasteiger partial charge in [0.15, 0.2) is 11.0 Å². The Kier molecular flexibility index (Phi) is 6.04. The molecule has 166 valence electrons. The lowest BCUT2D eigenvalue weighted by molar-refractivity contribution is -0.113. The van der Waals surface area contributed by atoms with Gasteiger partial charge in [-0.3, -0.25) is 9.36 Å². The Bertz CT molecular complexity index is 1530. The van der Waals surface area contributed by atoms with E-state index >= 15 is 0 Å². The third kappa shape index (κ3) is 4.39. The smallest absolute Gasteiger partial charge is 0.234 e. The predicted octanol–water partition coefficient (Wildman–Crippen LogP) is 5.67. The third-order valence-electron chi connectivity index (χ3n) is 5.16. The van der Waals surface area contributed by atoms with Crippen molar-refractivity contribution in [1.29, 1.82) is 5.26 Å². The van der Waals surface area contributed by atoms with Crippen LogP contribution in [0.4, 0.5) is 5.69 Å². The molecule has 3 aromatic carbocycles. The second kappa shape index (κ2) is 9.43. The zero-order valence-corrected chi connectivity index (χ0v) is 19.3. The van der Waals surface area contributed by atoms with Crippen molar-refractivity contribution >= 4 is 45.9 Å². The van der Waals surface area contributed by atoms with Crippen molar-refractivity contribution in [3.8, 4) is 23.1 Å². The number of nitrogens with zero attached hydrogens (tertiary/aromatic N) is 4. The summed E-state index contributed by atoms with van der Waals surface area (Å²) >= 11 is 7.38. The van der Waals surface area contributed by atoms with Crippen molar-refractivity contribution in [2.75, 3.05) is 11.1 Å². The molecule has 2 heterocycles. The van der Waals surface area contributed by atoms with Gasteiger partial charge in [-0.05, 0) is 48.5 Å². The van der Waals surface area contributed by atoms with Crippen molar-refractivity contribution in [2.45, 2.75) is 5.16 Å². The summed E-state index contributed by atoms with van der Waals surface area (Å²) in [5.74, 6) is 0.569. The maximum atomic E-state index is 12.6. The maximum Gasteiger partial charge on any atom is 0.234 e. The minimum absolute atomic E-state index is 0.121. The van der Waals surface area contributed by atoms with E-state index in [1.54, 1.807) is 36.4 Å². The van der Waals surface area contributed by atoms with Crippen LogP contribution >= 0.6 is 23.4 Å². The van der Waals surface area contributed by atoms with E-state index in [1.807, 2.05) is 47.2 Å². The van der Waals surface area contributed by atoms with Crippen LogP contribution in [0, 0.1) is 11.3 Å². The zero-order valence-electron chi connectivity index (χ0n) is 17.7. The number of anilines is 1. The first-order valence-electron chi connectivity index (χ1n) is 10.3. The Labute approximate surface area is 204 Å². The molecule has 0 saturated carbocycles. The summed E-state index contributed by atoms with van der Waals surface area (Å²) in [5.41, 5.74) is 3.79. The molecule has 2 aromatic heterocycles. The number of thioether (sulfide) groups is 1. The maximum absolute atomic E-state index is 12.6. The van der Waals surface area contributed by atoms with E-state index in [0.717, 1.165) is 22.2 Å². The summed E-state index contributed by atoms with van der Waals surface area (Å²) in [6.07, 6.45) is 1.91. The Morgan fingerprint density at radius 2 is 1.91 bits per heavy atom. The molecule has 0 fully saturated rings. The van der Waals surface area contributed by atoms with Crippen molar-refractivity contribution in [3.05, 3.63) is 89.6 Å². The highest BCUT2D eigenvalue weighted by atomic mass is 35.5. The fourth-order valence-corrected chi connectivity index (χ4v) is 4.49. The van der Waals surface area contributed by atoms with Crippen molar-refractivity contribution < 1.29 is 4.79 Å². The number of fused-ring (bicyclic) bond motifs is 1. The topological polar surface area (TPSA) is 99.4 Å². The van der Waals surface area contributed by atoms with Gasteiger partial charge in [-0.15, -0.1) is 10.2 Å². The zero-order chi connectivity index (χ0) is 23.5. The predicted molar refractivity (Wildman–Crippen MR) is 134 cm³/mol. The lowest BCUT2D eigenvalue weighted by Gasteiger charge is -2.10. The number of amides is 1. The molecule has 0 atom stereocenters. The van der Waals surface area contributed by atoms with Gasteiger partial charge in [0, 0.05) is 39.1 Å². The Morgan fingerprint density at radius 1 is 1.09 bits per heavy atom. The van der Waals surface area contributed by atoms with E-state index in [2.05, 4.69) is 26.6 Å². The van der Waals surface area contributed by atoms with Crippen LogP contribution in [0.25, 0.3) is 28.0 Å². The minimum Gasteiger partial charge on any atom is -0.360 e. The lowest BCUT2D eigenvalue weighted by atomic mass is 10.1. The number of hydrogen-bond donors (Lipinski definition) is 2. The van der Waals surface area contributed by atoms with Gasteiger partial charge in [-0.1, -0.05) is 47.6 Å². The van der Waals surface area contributed by atoms with Crippen LogP contribution in [0.1, 0.15) is 5.56 Å². The van der Waals surface area contributed by atoms with E-state index in [4.69, 9.17) is 16.9 Å². The van der Waals surface area contributed by atoms with Crippen LogP contribution in [0.5, 0.6) is 0 Å². The summed E-state index contributed by atoms with van der Waals surface area (Å²) in [7, 11) is 0. The molecule has 0 radical (unpaired) electrons. The van der Waals surface area contributed by atoms with Gasteiger partial charge in [0.2, 0.25) is 5.91 Å². The number of aromatic nitrogens is 4. The van der Waals surface area contributed by atoms with E-state index < -0.39 is 0 Å². The number of carbonyl (C=O) groups excluding carboxylic acids is 1. The van der Waals surface area contributed by atoms with Gasteiger partial charge in [-0.2, -0.15) is 5.26 Å². The summed E-state index contributed by atoms with van der Waals surface area (Å²) in [4.78, 5) is 15.9. The standard InChI is InChI=1S/C25H17ClN6OS/c26-17-8-10-19(11-9-17)32-24(21-14-28-22-7-2-1-6-20(21)22)30-31-25(32)34-15-23(33)29-18-5-3-4-16(12-18)13-27/h1-12,14,28H,15H2,(H,29,33). The molecule has 34 heavy (non-hydrogen) atoms. The molecule has 0 aliphatic carbocycles. The minimum atomic E-state index is -0.209. The first-order chi connectivity index (χ1) is 16.6. The summed E-state index contributed by atoms with van der Waals surface area (Å²) in [5, 5.41) is 23.0. The van der Waals surface area contributed by atoms with Crippen LogP contribution in [0.2, 0.25) is 5.02 Å². The first kappa shape index (κ1) is 21.8. The van der Waals surface area contributed by atoms with Crippen LogP contribution in [0.3, 0.4) is 0 Å². The van der Waals surface area contributed by atoms with Gasteiger partial charge in [0.1, 0.15) is 0 Å². The fraction of sp³-hybridized carbons (Fsp3) is 0.0400. The molecule has 0 aliphatic rings. The molecule has 5 rings (SSSR count). The second-order valence-corrected chi connectivity index (χ2v) is 8.77. The van der Waals surface area contributed by atoms with E-state index in [0.29, 0.717) is 27.3 Å². The monoisotopic (exact) mass is 484 g/mol. The number of nitrogens with one attached hydrogen (secondary N) is 2. The number of H-pyrrole nitrogens is 1. The van der Waals surface area contributed by atoms with E-state index in [1.165, 1.54) is 11.8 Å². The lowest BCUT2D eigenvalue weighted by Crippen LogP contribution is -2.14. The number of para-hydroxylation sites is 1. The van der Waals surface area contributed by atoms with Crippen LogP contribution in [-0.4, -0.2) is 31.4 Å². The van der Waals surface area contributed by atoms with Gasteiger partial charge in [0.25, 0.3) is 0 Å². The molecule has 2 N–H and O–H groups in total. The molecule has 0 aliphatic heterocycles. The van der Waals surface area contributed by atoms with Gasteiger partial charge in [0.05, 0.1) is 17.4 Å². The van der Waals surface area contributed by atoms with E-state index in [9.17, 15) is 4.79 Å². The number of aromatic amines is 1. The average Bonchev–Trinajstić information content (AvgIpc) is 3.47. The first-order valence-corrected chi connectivity index (χ1v) is 11.7. The fourth-order valence-electron chi connectivity index (χ4n) is 3.61. The summed E-state index contributed by atoms with van der Waals surface area (Å²) < 4.78 is 1.92. The highest BCUT2D eigenvalue weighted by Gasteiger charge is 2.19. The third-order valence-corrected chi connectivity index (χ3v) is 6.34. The van der Waals surface area contributed by atoms with Crippen molar-refractivity contribution in [3.63, 3.8) is 0 Å². The summed E-state index contributed by atoms with van der Waals surface area (Å²) in [6.45, 7) is 0. The van der Waals surface area contributed by atoms with Gasteiger partial charge in [-0.25, -0.2) is 0 Å². The molecule has 0 saturated heterocycles. The molecule has 0 unspecified atom stereocenters. The molecule has 0 bridgehead atoms. The van der Waals surface area contributed by atoms with Gasteiger partial charge >= 0.3 is 0 Å². The quantitative estimate of drug-likeness (QED) is 0.302. The van der Waals surface area contributed by atoms with Crippen LogP contribution < -0.4 is 5.32 Å². The highest BCUT2D eigenvalue weighted by molar-refractivity contribution is 7.99. The van der Waals surface area contributed by atoms with Crippen molar-refractivity contribution in [1.82, 2.24) is 19.7 Å². The second-order valence-electron chi connectivity index (χ2n) is 7.40. The molecular weight excluding hydrogens is 468 g/mol. The molecule has 0 spiro atoms. The van der Waals surface area contributed by atoms with E-state index in [-0.39, 0.29) is 11.7 Å². The molecule has 7 nitrogen and oxygen atoms in total.